The molecule has 84 valence electrons. The quantitative estimate of drug-likeness (QED) is 0.756. The van der Waals surface area contributed by atoms with Gasteiger partial charge in [0.1, 0.15) is 0 Å². The molecule has 1 unspecified atom stereocenters. The fourth-order valence-corrected chi connectivity index (χ4v) is 2.20. The summed E-state index contributed by atoms with van der Waals surface area (Å²) in [6.07, 6.45) is 7.76. The second kappa shape index (κ2) is 5.66. The molecule has 0 aliphatic carbocycles. The molecular weight excluding hydrogens is 194 g/mol. The van der Waals surface area contributed by atoms with Crippen LogP contribution in [0, 0.1) is 0 Å². The lowest BCUT2D eigenvalue weighted by molar-refractivity contribution is 0.621. The Kier molecular flexibility index (Phi) is 3.95. The summed E-state index contributed by atoms with van der Waals surface area (Å²) in [4.78, 5) is 0. The summed E-state index contributed by atoms with van der Waals surface area (Å²) in [7, 11) is 0. The Morgan fingerprint density at radius 1 is 1.31 bits per heavy atom. The molecule has 1 aromatic carbocycles. The van der Waals surface area contributed by atoms with Gasteiger partial charge >= 0.3 is 0 Å². The minimum atomic E-state index is 0.554. The van der Waals surface area contributed by atoms with Crippen molar-refractivity contribution in [2.24, 2.45) is 0 Å². The minimum absolute atomic E-state index is 0.554. The van der Waals surface area contributed by atoms with Gasteiger partial charge in [-0.05, 0) is 31.4 Å². The van der Waals surface area contributed by atoms with E-state index >= 15 is 0 Å². The molecule has 0 radical (unpaired) electrons. The van der Waals surface area contributed by atoms with Crippen molar-refractivity contribution in [3.8, 4) is 0 Å². The van der Waals surface area contributed by atoms with Gasteiger partial charge in [0.25, 0.3) is 0 Å². The van der Waals surface area contributed by atoms with Gasteiger partial charge in [-0.1, -0.05) is 48.1 Å². The summed E-state index contributed by atoms with van der Waals surface area (Å²) < 4.78 is 0. The Morgan fingerprint density at radius 2 is 2.12 bits per heavy atom. The van der Waals surface area contributed by atoms with Crippen molar-refractivity contribution in [2.75, 3.05) is 6.54 Å². The molecule has 1 atom stereocenters. The van der Waals surface area contributed by atoms with Gasteiger partial charge < -0.3 is 5.32 Å². The molecule has 0 spiro atoms. The van der Waals surface area contributed by atoms with Crippen molar-refractivity contribution in [2.45, 2.75) is 25.3 Å². The van der Waals surface area contributed by atoms with Gasteiger partial charge in [-0.3, -0.25) is 0 Å². The van der Waals surface area contributed by atoms with Crippen LogP contribution in [0.2, 0.25) is 0 Å². The first-order chi connectivity index (χ1) is 7.90. The maximum absolute atomic E-state index is 3.78. The van der Waals surface area contributed by atoms with Crippen molar-refractivity contribution in [3.63, 3.8) is 0 Å². The maximum atomic E-state index is 3.78. The number of hydrogen-bond acceptors (Lipinski definition) is 1. The molecule has 1 N–H and O–H groups in total. The van der Waals surface area contributed by atoms with Crippen LogP contribution in [0.15, 0.2) is 48.6 Å². The van der Waals surface area contributed by atoms with E-state index in [0.717, 1.165) is 13.0 Å². The monoisotopic (exact) mass is 213 g/mol. The first kappa shape index (κ1) is 11.2. The summed E-state index contributed by atoms with van der Waals surface area (Å²) in [5, 5.41) is 3.55. The third-order valence-corrected chi connectivity index (χ3v) is 3.06. The lowest BCUT2D eigenvalue weighted by Gasteiger charge is -2.11. The van der Waals surface area contributed by atoms with Crippen LogP contribution in [0.5, 0.6) is 0 Å². The van der Waals surface area contributed by atoms with Gasteiger partial charge in [0.15, 0.2) is 0 Å². The lowest BCUT2D eigenvalue weighted by Crippen LogP contribution is -2.22. The molecule has 0 amide bonds. The summed E-state index contributed by atoms with van der Waals surface area (Å²) in [6, 6.07) is 11.1. The molecular formula is C15H19N. The van der Waals surface area contributed by atoms with E-state index in [1.165, 1.54) is 24.0 Å². The number of benzene rings is 1. The van der Waals surface area contributed by atoms with E-state index in [1.54, 1.807) is 0 Å². The third-order valence-electron chi connectivity index (χ3n) is 3.06. The summed E-state index contributed by atoms with van der Waals surface area (Å²) >= 11 is 0. The minimum Gasteiger partial charge on any atom is -0.310 e. The fourth-order valence-electron chi connectivity index (χ4n) is 2.20. The van der Waals surface area contributed by atoms with E-state index in [2.05, 4.69) is 48.3 Å². The van der Waals surface area contributed by atoms with Crippen LogP contribution >= 0.6 is 0 Å². The number of allylic oxidation sites excluding steroid dienone is 1. The van der Waals surface area contributed by atoms with Crippen molar-refractivity contribution in [1.82, 2.24) is 5.32 Å². The van der Waals surface area contributed by atoms with E-state index in [-0.39, 0.29) is 0 Å². The number of nitrogens with one attached hydrogen (secondary N) is 1. The predicted molar refractivity (Wildman–Crippen MR) is 70.3 cm³/mol. The Bertz CT molecular complexity index is 364. The molecule has 1 nitrogen and oxygen atoms in total. The molecule has 1 heterocycles. The average Bonchev–Trinajstić information content (AvgIpc) is 2.75. The zero-order valence-corrected chi connectivity index (χ0v) is 9.65. The molecule has 0 aromatic heterocycles. The summed E-state index contributed by atoms with van der Waals surface area (Å²) in [5.74, 6) is 0. The molecule has 1 fully saturated rings. The Balaban J connectivity index is 2.07. The topological polar surface area (TPSA) is 12.0 Å². The van der Waals surface area contributed by atoms with Crippen LogP contribution < -0.4 is 5.32 Å². The van der Waals surface area contributed by atoms with Gasteiger partial charge in [-0.2, -0.15) is 0 Å². The zero-order chi connectivity index (χ0) is 11.2. The van der Waals surface area contributed by atoms with Gasteiger partial charge in [-0.25, -0.2) is 0 Å². The zero-order valence-electron chi connectivity index (χ0n) is 9.65. The molecule has 1 aliphatic heterocycles. The van der Waals surface area contributed by atoms with Crippen LogP contribution in [0.1, 0.15) is 24.8 Å². The summed E-state index contributed by atoms with van der Waals surface area (Å²) in [5.41, 5.74) is 2.85. The van der Waals surface area contributed by atoms with Gasteiger partial charge in [0.2, 0.25) is 0 Å². The highest BCUT2D eigenvalue weighted by Crippen LogP contribution is 2.21. The first-order valence-electron chi connectivity index (χ1n) is 6.00. The van der Waals surface area contributed by atoms with Gasteiger partial charge in [-0.15, -0.1) is 6.58 Å². The third kappa shape index (κ3) is 2.83. The molecule has 2 rings (SSSR count). The normalized spacial score (nSPS) is 22.5. The Labute approximate surface area is 97.9 Å². The van der Waals surface area contributed by atoms with Crippen LogP contribution in [0.25, 0.3) is 6.08 Å². The molecule has 0 saturated carbocycles. The Morgan fingerprint density at radius 3 is 2.88 bits per heavy atom. The molecule has 1 saturated heterocycles. The van der Waals surface area contributed by atoms with Crippen molar-refractivity contribution in [1.29, 1.82) is 0 Å². The van der Waals surface area contributed by atoms with Crippen LogP contribution in [-0.2, 0) is 0 Å². The second-order valence-corrected chi connectivity index (χ2v) is 4.25. The van der Waals surface area contributed by atoms with Crippen LogP contribution in [0.3, 0.4) is 0 Å². The van der Waals surface area contributed by atoms with E-state index in [9.17, 15) is 0 Å². The summed E-state index contributed by atoms with van der Waals surface area (Å²) in [6.45, 7) is 4.90. The van der Waals surface area contributed by atoms with E-state index < -0.39 is 0 Å². The SMILES string of the molecule is C=CCCC1NCC/C1=C/c1ccccc1. The van der Waals surface area contributed by atoms with E-state index in [1.807, 2.05) is 6.08 Å². The number of hydrogen-bond donors (Lipinski definition) is 1. The van der Waals surface area contributed by atoms with Crippen molar-refractivity contribution in [3.05, 3.63) is 54.1 Å². The smallest absolute Gasteiger partial charge is 0.0286 e. The number of rotatable bonds is 4. The predicted octanol–water partition coefficient (Wildman–Crippen LogP) is 3.40. The van der Waals surface area contributed by atoms with Gasteiger partial charge in [0.05, 0.1) is 0 Å². The highest BCUT2D eigenvalue weighted by molar-refractivity contribution is 5.54. The average molecular weight is 213 g/mol. The lowest BCUT2D eigenvalue weighted by atomic mass is 10.0. The maximum Gasteiger partial charge on any atom is 0.0286 e. The second-order valence-electron chi connectivity index (χ2n) is 4.25. The first-order valence-corrected chi connectivity index (χ1v) is 6.00. The largest absolute Gasteiger partial charge is 0.310 e. The standard InChI is InChI=1S/C15H19N/c1-2-3-9-15-14(10-11-16-15)12-13-7-5-4-6-8-13/h2,4-8,12,15-16H,1,3,9-11H2/b14-12-. The molecule has 1 aliphatic rings. The van der Waals surface area contributed by atoms with E-state index in [4.69, 9.17) is 0 Å². The van der Waals surface area contributed by atoms with Crippen LogP contribution in [0.4, 0.5) is 0 Å². The van der Waals surface area contributed by atoms with Crippen LogP contribution in [-0.4, -0.2) is 12.6 Å². The molecule has 1 heteroatoms. The molecule has 16 heavy (non-hydrogen) atoms. The fraction of sp³-hybridized carbons (Fsp3) is 0.333. The molecule has 1 aromatic rings. The highest BCUT2D eigenvalue weighted by atomic mass is 14.9. The molecule has 0 bridgehead atoms. The van der Waals surface area contributed by atoms with Gasteiger partial charge in [0, 0.05) is 6.04 Å². The van der Waals surface area contributed by atoms with Crippen molar-refractivity contribution >= 4 is 6.08 Å². The van der Waals surface area contributed by atoms with Crippen molar-refractivity contribution < 1.29 is 0 Å². The highest BCUT2D eigenvalue weighted by Gasteiger charge is 2.18. The Hall–Kier alpha value is -1.34. The van der Waals surface area contributed by atoms with E-state index in [0.29, 0.717) is 6.04 Å².